The number of rotatable bonds is 4. The molecule has 2 atom stereocenters. The molecule has 0 aliphatic carbocycles. The minimum Gasteiger partial charge on any atom is -0.337 e. The van der Waals surface area contributed by atoms with E-state index in [0.29, 0.717) is 16.5 Å². The summed E-state index contributed by atoms with van der Waals surface area (Å²) in [6, 6.07) is 11.0. The molecule has 9 nitrogen and oxygen atoms in total. The van der Waals surface area contributed by atoms with Crippen LogP contribution in [0.3, 0.4) is 0 Å². The third-order valence-electron chi connectivity index (χ3n) is 5.35. The molecule has 31 heavy (non-hydrogen) atoms. The zero-order valence-corrected chi connectivity index (χ0v) is 17.4. The number of imide groups is 1. The Morgan fingerprint density at radius 3 is 2.58 bits per heavy atom. The molecule has 0 spiro atoms. The molecule has 3 aromatic rings. The van der Waals surface area contributed by atoms with Gasteiger partial charge in [-0.2, -0.15) is 10.1 Å². The van der Waals surface area contributed by atoms with E-state index in [2.05, 4.69) is 20.5 Å². The van der Waals surface area contributed by atoms with Crippen molar-refractivity contribution in [2.24, 2.45) is 10.3 Å². The van der Waals surface area contributed by atoms with Gasteiger partial charge in [0, 0.05) is 10.6 Å². The Morgan fingerprint density at radius 1 is 1.06 bits per heavy atom. The third kappa shape index (κ3) is 3.27. The molecular weight excluding hydrogens is 420 g/mol. The molecule has 0 saturated carbocycles. The number of benzene rings is 2. The van der Waals surface area contributed by atoms with Gasteiger partial charge in [0.1, 0.15) is 6.54 Å². The zero-order valence-electron chi connectivity index (χ0n) is 16.7. The third-order valence-corrected chi connectivity index (χ3v) is 5.75. The summed E-state index contributed by atoms with van der Waals surface area (Å²) in [7, 11) is 0. The minimum absolute atomic E-state index is 0.0606. The number of fused-ring (bicyclic) bond motifs is 1. The minimum atomic E-state index is -0.910. The van der Waals surface area contributed by atoms with Crippen molar-refractivity contribution >= 4 is 29.1 Å². The first kappa shape index (κ1) is 19.4. The Morgan fingerprint density at radius 2 is 1.84 bits per heavy atom. The Hall–Kier alpha value is -3.59. The summed E-state index contributed by atoms with van der Waals surface area (Å²) in [6.45, 7) is 3.90. The van der Waals surface area contributed by atoms with Crippen molar-refractivity contribution < 1.29 is 14.1 Å². The first-order chi connectivity index (χ1) is 14.9. The van der Waals surface area contributed by atoms with Crippen molar-refractivity contribution in [2.75, 3.05) is 4.90 Å². The van der Waals surface area contributed by atoms with Gasteiger partial charge in [0.2, 0.25) is 11.7 Å². The lowest BCUT2D eigenvalue weighted by atomic mass is 10.1. The summed E-state index contributed by atoms with van der Waals surface area (Å²) in [5, 5.41) is 13.9. The van der Waals surface area contributed by atoms with Gasteiger partial charge in [-0.15, -0.1) is 0 Å². The fraction of sp³-hybridized carbons (Fsp3) is 0.238. The van der Waals surface area contributed by atoms with Crippen molar-refractivity contribution in [2.45, 2.75) is 32.5 Å². The first-order valence-electron chi connectivity index (χ1n) is 9.63. The van der Waals surface area contributed by atoms with Crippen LogP contribution in [0, 0.1) is 13.8 Å². The van der Waals surface area contributed by atoms with Crippen molar-refractivity contribution in [3.8, 4) is 11.4 Å². The highest BCUT2D eigenvalue weighted by molar-refractivity contribution is 6.32. The Balaban J connectivity index is 1.36. The summed E-state index contributed by atoms with van der Waals surface area (Å²) in [6.07, 6.45) is 0. The van der Waals surface area contributed by atoms with Crippen LogP contribution in [0.2, 0.25) is 5.02 Å². The highest BCUT2D eigenvalue weighted by Gasteiger charge is 2.55. The Bertz CT molecular complexity index is 1220. The van der Waals surface area contributed by atoms with E-state index >= 15 is 0 Å². The van der Waals surface area contributed by atoms with E-state index in [9.17, 15) is 9.59 Å². The molecule has 0 unspecified atom stereocenters. The van der Waals surface area contributed by atoms with E-state index in [1.54, 1.807) is 18.2 Å². The van der Waals surface area contributed by atoms with Crippen LogP contribution in [0.1, 0.15) is 17.0 Å². The van der Waals surface area contributed by atoms with Crippen LogP contribution in [-0.2, 0) is 16.1 Å². The van der Waals surface area contributed by atoms with Gasteiger partial charge in [-0.25, -0.2) is 4.90 Å². The SMILES string of the molecule is Cc1ccc(-c2noc(CN3N=N[C@H]4C(=O)N(c5ccc(C)c(Cl)c5)C(=O)[C@H]43)n2)cc1. The molecule has 2 amide bonds. The molecule has 1 aromatic heterocycles. The zero-order chi connectivity index (χ0) is 21.7. The number of carbonyl (C=O) groups is 2. The lowest BCUT2D eigenvalue weighted by molar-refractivity contribution is -0.123. The van der Waals surface area contributed by atoms with Gasteiger partial charge in [0.25, 0.3) is 11.8 Å². The van der Waals surface area contributed by atoms with Crippen LogP contribution in [-0.4, -0.2) is 39.0 Å². The van der Waals surface area contributed by atoms with Crippen molar-refractivity contribution in [3.05, 3.63) is 64.5 Å². The van der Waals surface area contributed by atoms with Crippen LogP contribution in [0.5, 0.6) is 0 Å². The van der Waals surface area contributed by atoms with Crippen molar-refractivity contribution in [1.29, 1.82) is 0 Å². The highest BCUT2D eigenvalue weighted by atomic mass is 35.5. The van der Waals surface area contributed by atoms with E-state index in [1.165, 1.54) is 5.01 Å². The molecule has 10 heteroatoms. The van der Waals surface area contributed by atoms with E-state index in [0.717, 1.165) is 21.6 Å². The number of nitrogens with zero attached hydrogens (tertiary/aromatic N) is 6. The van der Waals surface area contributed by atoms with Crippen LogP contribution in [0.25, 0.3) is 11.4 Å². The van der Waals surface area contributed by atoms with Crippen molar-refractivity contribution in [3.63, 3.8) is 0 Å². The van der Waals surface area contributed by atoms with Gasteiger partial charge in [0.15, 0.2) is 12.1 Å². The summed E-state index contributed by atoms with van der Waals surface area (Å²) < 4.78 is 5.33. The number of hydrogen-bond acceptors (Lipinski definition) is 8. The molecule has 5 rings (SSSR count). The molecule has 2 aliphatic rings. The van der Waals surface area contributed by atoms with Gasteiger partial charge in [0.05, 0.1) is 5.69 Å². The quantitative estimate of drug-likeness (QED) is 0.580. The maximum Gasteiger partial charge on any atom is 0.263 e. The fourth-order valence-electron chi connectivity index (χ4n) is 3.61. The number of aromatic nitrogens is 2. The first-order valence-corrected chi connectivity index (χ1v) is 10.0. The van der Waals surface area contributed by atoms with Gasteiger partial charge < -0.3 is 4.52 Å². The molecular formula is C21H17ClN6O3. The van der Waals surface area contributed by atoms with Crippen LogP contribution in [0.15, 0.2) is 57.3 Å². The Labute approximate surface area is 182 Å². The maximum absolute atomic E-state index is 13.1. The molecule has 2 aromatic carbocycles. The normalized spacial score (nSPS) is 20.1. The molecule has 1 saturated heterocycles. The molecule has 2 aliphatic heterocycles. The van der Waals surface area contributed by atoms with Crippen LogP contribution < -0.4 is 4.90 Å². The average molecular weight is 437 g/mol. The molecule has 3 heterocycles. The van der Waals surface area contributed by atoms with Crippen LogP contribution >= 0.6 is 11.6 Å². The van der Waals surface area contributed by atoms with Gasteiger partial charge >= 0.3 is 0 Å². The van der Waals surface area contributed by atoms with Gasteiger partial charge in [-0.3, -0.25) is 14.6 Å². The second kappa shape index (κ2) is 7.28. The summed E-state index contributed by atoms with van der Waals surface area (Å²) >= 11 is 6.18. The highest BCUT2D eigenvalue weighted by Crippen LogP contribution is 2.34. The number of anilines is 1. The number of carbonyl (C=O) groups excluding carboxylic acids is 2. The summed E-state index contributed by atoms with van der Waals surface area (Å²) in [5.41, 5.74) is 3.21. The topological polar surface area (TPSA) is 104 Å². The summed E-state index contributed by atoms with van der Waals surface area (Å²) in [4.78, 5) is 31.4. The monoisotopic (exact) mass is 436 g/mol. The van der Waals surface area contributed by atoms with E-state index < -0.39 is 23.9 Å². The lowest BCUT2D eigenvalue weighted by Gasteiger charge is -2.19. The molecule has 156 valence electrons. The van der Waals surface area contributed by atoms with E-state index in [1.807, 2.05) is 38.1 Å². The largest absolute Gasteiger partial charge is 0.337 e. The predicted molar refractivity (Wildman–Crippen MR) is 111 cm³/mol. The predicted octanol–water partition coefficient (Wildman–Crippen LogP) is 3.50. The lowest BCUT2D eigenvalue weighted by Crippen LogP contribution is -2.39. The molecule has 1 fully saturated rings. The number of halogens is 1. The van der Waals surface area contributed by atoms with Crippen LogP contribution in [0.4, 0.5) is 5.69 Å². The number of aryl methyl sites for hydroxylation is 2. The van der Waals surface area contributed by atoms with E-state index in [-0.39, 0.29) is 12.4 Å². The maximum atomic E-state index is 13.1. The summed E-state index contributed by atoms with van der Waals surface area (Å²) in [5.74, 6) is -0.148. The molecule has 0 N–H and O–H groups in total. The van der Waals surface area contributed by atoms with Crippen molar-refractivity contribution in [1.82, 2.24) is 15.1 Å². The smallest absolute Gasteiger partial charge is 0.263 e. The standard InChI is InChI=1S/C21H17ClN6O3/c1-11-3-6-13(7-4-11)19-23-16(31-25-19)10-27-18-17(24-26-27)20(29)28(21(18)30)14-8-5-12(2)15(22)9-14/h3-9,17-18H,10H2,1-2H3/t17-,18+/m1/s1. The van der Waals surface area contributed by atoms with Gasteiger partial charge in [-0.05, 0) is 31.5 Å². The second-order valence-corrected chi connectivity index (χ2v) is 7.92. The second-order valence-electron chi connectivity index (χ2n) is 7.52. The average Bonchev–Trinajstić information content (AvgIpc) is 3.44. The number of hydrogen-bond donors (Lipinski definition) is 0. The molecule has 0 bridgehead atoms. The van der Waals surface area contributed by atoms with E-state index in [4.69, 9.17) is 16.1 Å². The molecule has 0 radical (unpaired) electrons. The fourth-order valence-corrected chi connectivity index (χ4v) is 3.78. The Kier molecular flexibility index (Phi) is 4.55. The number of amides is 2. The van der Waals surface area contributed by atoms with Gasteiger partial charge in [-0.1, -0.05) is 57.9 Å².